The first kappa shape index (κ1) is 29.8. The van der Waals surface area contributed by atoms with Gasteiger partial charge >= 0.3 is 0 Å². The molecular weight excluding hydrogens is 573 g/mol. The number of allylic oxidation sites excluding steroid dienone is 4. The maximum absolute atomic E-state index is 5.76. The first-order valence-corrected chi connectivity index (χ1v) is 18.9. The van der Waals surface area contributed by atoms with Crippen molar-refractivity contribution in [3.8, 4) is 0 Å². The van der Waals surface area contributed by atoms with Crippen molar-refractivity contribution in [1.82, 2.24) is 19.5 Å². The molecule has 0 saturated heterocycles. The van der Waals surface area contributed by atoms with Gasteiger partial charge in [0.1, 0.15) is 17.5 Å². The minimum absolute atomic E-state index is 0.0737. The van der Waals surface area contributed by atoms with Gasteiger partial charge < -0.3 is 4.57 Å². The molecule has 4 saturated carbocycles. The van der Waals surface area contributed by atoms with Gasteiger partial charge in [0, 0.05) is 27.3 Å². The summed E-state index contributed by atoms with van der Waals surface area (Å²) in [6.45, 7) is 9.96. The van der Waals surface area contributed by atoms with Crippen LogP contribution >= 0.6 is 0 Å². The van der Waals surface area contributed by atoms with Crippen LogP contribution in [-0.4, -0.2) is 19.5 Å². The van der Waals surface area contributed by atoms with Gasteiger partial charge in [-0.15, -0.1) is 0 Å². The molecule has 4 heteroatoms. The zero-order valence-electron chi connectivity index (χ0n) is 29.0. The molecule has 5 aliphatic carbocycles. The van der Waals surface area contributed by atoms with Crippen LogP contribution in [0.25, 0.3) is 27.5 Å². The Morgan fingerprint density at radius 2 is 1.06 bits per heavy atom. The van der Waals surface area contributed by atoms with Gasteiger partial charge in [0.25, 0.3) is 0 Å². The van der Waals surface area contributed by atoms with E-state index < -0.39 is 0 Å². The van der Waals surface area contributed by atoms with Gasteiger partial charge in [-0.05, 0) is 124 Å². The standard InChI is InChI=1S/C43H52N4/c1-27-17-31-18-28(2)22-42(21-27,25-31)40-44-39(45-41(46-40)43-23-29(3)19-32(26-43)20-30(4)24-43)35-13-7-10-16-38(35)47-36-14-8-5-11-33(36)34-12-6-9-15-37(34)47/h5-12,14-16,27-32,35H,13,17-26H2,1-4H3/t27-,28?,29+,30?,31-,32?,35?,42?,43?/m0/s1. The quantitative estimate of drug-likeness (QED) is 0.227. The molecule has 4 aromatic rings. The van der Waals surface area contributed by atoms with E-state index in [-0.39, 0.29) is 16.7 Å². The fourth-order valence-electron chi connectivity index (χ4n) is 12.3. The summed E-state index contributed by atoms with van der Waals surface area (Å²) in [5.74, 6) is 7.90. The van der Waals surface area contributed by atoms with E-state index >= 15 is 0 Å². The van der Waals surface area contributed by atoms with Gasteiger partial charge in [-0.3, -0.25) is 0 Å². The minimum Gasteiger partial charge on any atom is -0.312 e. The average Bonchev–Trinajstić information content (AvgIpc) is 3.37. The molecule has 4 fully saturated rings. The van der Waals surface area contributed by atoms with Crippen molar-refractivity contribution < 1.29 is 0 Å². The molecule has 6 unspecified atom stereocenters. The van der Waals surface area contributed by atoms with E-state index in [0.29, 0.717) is 0 Å². The lowest BCUT2D eigenvalue weighted by Crippen LogP contribution is -2.46. The molecule has 244 valence electrons. The number of nitrogens with zero attached hydrogens (tertiary/aromatic N) is 4. The maximum atomic E-state index is 5.76. The third kappa shape index (κ3) is 4.94. The number of rotatable bonds is 4. The van der Waals surface area contributed by atoms with Crippen molar-refractivity contribution in [2.75, 3.05) is 0 Å². The van der Waals surface area contributed by atoms with Crippen LogP contribution in [0, 0.1) is 35.5 Å². The number of fused-ring (bicyclic) bond motifs is 7. The Morgan fingerprint density at radius 3 is 1.55 bits per heavy atom. The predicted octanol–water partition coefficient (Wildman–Crippen LogP) is 10.8. The van der Waals surface area contributed by atoms with E-state index in [2.05, 4.69) is 99.0 Å². The fraction of sp³-hybridized carbons (Fsp3) is 0.558. The Bertz CT molecular complexity index is 1740. The Kier molecular flexibility index (Phi) is 7.07. The molecule has 0 spiro atoms. The SMILES string of the molecule is CC1CC2C[C@@H](C)CC(c3nc(C4CC=CC=C4n4c5ccccc5c5ccccc54)nc(C45CC(C)C[C@H](C[C@H](C)C4)C5)n3)(C1)C2. The summed E-state index contributed by atoms with van der Waals surface area (Å²) in [6, 6.07) is 17.8. The van der Waals surface area contributed by atoms with Crippen LogP contribution in [0.5, 0.6) is 0 Å². The van der Waals surface area contributed by atoms with Gasteiger partial charge in [0.2, 0.25) is 0 Å². The second kappa shape index (κ2) is 11.1. The number of para-hydroxylation sites is 2. The van der Waals surface area contributed by atoms with Crippen molar-refractivity contribution in [1.29, 1.82) is 0 Å². The van der Waals surface area contributed by atoms with Crippen molar-refractivity contribution in [2.45, 2.75) is 115 Å². The number of hydrogen-bond donors (Lipinski definition) is 0. The van der Waals surface area contributed by atoms with Crippen molar-refractivity contribution >= 4 is 27.5 Å². The summed E-state index contributed by atoms with van der Waals surface area (Å²) in [7, 11) is 0. The van der Waals surface area contributed by atoms with E-state index in [9.17, 15) is 0 Å². The predicted molar refractivity (Wildman–Crippen MR) is 193 cm³/mol. The zero-order chi connectivity index (χ0) is 31.9. The second-order valence-corrected chi connectivity index (χ2v) is 17.4. The maximum Gasteiger partial charge on any atom is 0.141 e. The first-order chi connectivity index (χ1) is 22.8. The average molecular weight is 625 g/mol. The van der Waals surface area contributed by atoms with E-state index in [4.69, 9.17) is 15.0 Å². The van der Waals surface area contributed by atoms with Crippen LogP contribution in [-0.2, 0) is 10.8 Å². The molecule has 2 aromatic carbocycles. The van der Waals surface area contributed by atoms with Crippen LogP contribution in [0.4, 0.5) is 0 Å². The molecule has 47 heavy (non-hydrogen) atoms. The molecule has 0 amide bonds. The molecule has 5 aliphatic rings. The minimum atomic E-state index is 0.0737. The van der Waals surface area contributed by atoms with Crippen LogP contribution in [0.15, 0.2) is 66.8 Å². The molecular formula is C43H52N4. The normalized spacial score (nSPS) is 36.9. The summed E-state index contributed by atoms with van der Waals surface area (Å²) >= 11 is 0. The third-order valence-electron chi connectivity index (χ3n) is 13.1. The molecule has 2 aromatic heterocycles. The van der Waals surface area contributed by atoms with E-state index in [1.807, 2.05) is 0 Å². The molecule has 0 aliphatic heterocycles. The highest BCUT2D eigenvalue weighted by molar-refractivity contribution is 6.10. The van der Waals surface area contributed by atoms with Gasteiger partial charge in [-0.25, -0.2) is 15.0 Å². The van der Waals surface area contributed by atoms with E-state index in [1.54, 1.807) is 0 Å². The Hall–Kier alpha value is -3.27. The molecule has 4 bridgehead atoms. The number of benzene rings is 2. The highest BCUT2D eigenvalue weighted by Gasteiger charge is 2.51. The van der Waals surface area contributed by atoms with Crippen LogP contribution in [0.1, 0.15) is 122 Å². The Balaban J connectivity index is 1.25. The number of aromatic nitrogens is 4. The van der Waals surface area contributed by atoms with E-state index in [0.717, 1.165) is 59.4 Å². The first-order valence-electron chi connectivity index (χ1n) is 18.9. The monoisotopic (exact) mass is 624 g/mol. The van der Waals surface area contributed by atoms with Gasteiger partial charge in [0.05, 0.1) is 17.0 Å². The van der Waals surface area contributed by atoms with Crippen LogP contribution in [0.3, 0.4) is 0 Å². The number of hydrogen-bond acceptors (Lipinski definition) is 3. The molecule has 9 rings (SSSR count). The largest absolute Gasteiger partial charge is 0.312 e. The molecule has 0 radical (unpaired) electrons. The Morgan fingerprint density at radius 1 is 0.596 bits per heavy atom. The van der Waals surface area contributed by atoms with Crippen LogP contribution < -0.4 is 0 Å². The van der Waals surface area contributed by atoms with Crippen molar-refractivity contribution in [3.05, 3.63) is 84.2 Å². The third-order valence-corrected chi connectivity index (χ3v) is 13.1. The molecule has 0 N–H and O–H groups in total. The zero-order valence-corrected chi connectivity index (χ0v) is 29.0. The lowest BCUT2D eigenvalue weighted by atomic mass is 9.55. The summed E-state index contributed by atoms with van der Waals surface area (Å²) in [5.41, 5.74) is 3.97. The lowest BCUT2D eigenvalue weighted by Gasteiger charge is -2.51. The van der Waals surface area contributed by atoms with Crippen LogP contribution in [0.2, 0.25) is 0 Å². The molecule has 2 heterocycles. The van der Waals surface area contributed by atoms with Gasteiger partial charge in [0.15, 0.2) is 0 Å². The second-order valence-electron chi connectivity index (χ2n) is 17.4. The highest BCUT2D eigenvalue weighted by Crippen LogP contribution is 2.56. The molecule has 9 atom stereocenters. The summed E-state index contributed by atoms with van der Waals surface area (Å²) < 4.78 is 2.52. The van der Waals surface area contributed by atoms with Crippen molar-refractivity contribution in [3.63, 3.8) is 0 Å². The van der Waals surface area contributed by atoms with Crippen molar-refractivity contribution in [2.24, 2.45) is 35.5 Å². The van der Waals surface area contributed by atoms with Gasteiger partial charge in [-0.2, -0.15) is 0 Å². The van der Waals surface area contributed by atoms with E-state index in [1.165, 1.54) is 91.7 Å². The Labute approximate surface area is 281 Å². The highest BCUT2D eigenvalue weighted by atomic mass is 15.1. The smallest absolute Gasteiger partial charge is 0.141 e. The van der Waals surface area contributed by atoms with Gasteiger partial charge in [-0.1, -0.05) is 76.2 Å². The lowest BCUT2D eigenvalue weighted by molar-refractivity contribution is 0.0628. The topological polar surface area (TPSA) is 43.6 Å². The fourth-order valence-corrected chi connectivity index (χ4v) is 12.3. The summed E-state index contributed by atoms with van der Waals surface area (Å²) in [5, 5.41) is 2.62. The summed E-state index contributed by atoms with van der Waals surface area (Å²) in [6.07, 6.45) is 20.7. The summed E-state index contributed by atoms with van der Waals surface area (Å²) in [4.78, 5) is 17.2. The molecule has 4 nitrogen and oxygen atoms in total.